The van der Waals surface area contributed by atoms with Crippen LogP contribution in [0.5, 0.6) is 0 Å². The highest BCUT2D eigenvalue weighted by molar-refractivity contribution is 6.11. The molecule has 2 heterocycles. The molecule has 1 aliphatic rings. The monoisotopic (exact) mass is 451 g/mol. The summed E-state index contributed by atoms with van der Waals surface area (Å²) in [6, 6.07) is 12.8. The van der Waals surface area contributed by atoms with Crippen LogP contribution in [0.15, 0.2) is 71.7 Å². The third-order valence-corrected chi connectivity index (χ3v) is 5.76. The molecule has 1 atom stereocenters. The van der Waals surface area contributed by atoms with Crippen molar-refractivity contribution in [3.05, 3.63) is 100.0 Å². The Bertz CT molecular complexity index is 1230. The highest BCUT2D eigenvalue weighted by Gasteiger charge is 2.35. The zero-order valence-electron chi connectivity index (χ0n) is 18.1. The van der Waals surface area contributed by atoms with Gasteiger partial charge >= 0.3 is 0 Å². The fourth-order valence-corrected chi connectivity index (χ4v) is 3.99. The van der Waals surface area contributed by atoms with Crippen LogP contribution in [-0.2, 0) is 4.79 Å². The quantitative estimate of drug-likeness (QED) is 0.442. The molecule has 1 amide bonds. The van der Waals surface area contributed by atoms with Crippen LogP contribution in [0.2, 0.25) is 0 Å². The number of aryl methyl sites for hydroxylation is 1. The van der Waals surface area contributed by atoms with Gasteiger partial charge in [0.05, 0.1) is 5.69 Å². The lowest BCUT2D eigenvalue weighted by molar-refractivity contribution is -0.133. The Labute approximate surface area is 189 Å². The van der Waals surface area contributed by atoms with E-state index in [9.17, 15) is 23.2 Å². The van der Waals surface area contributed by atoms with E-state index in [1.807, 2.05) is 4.90 Å². The zero-order chi connectivity index (χ0) is 23.5. The number of ketones is 1. The second-order valence-corrected chi connectivity index (χ2v) is 7.99. The van der Waals surface area contributed by atoms with Crippen LogP contribution in [0.25, 0.3) is 0 Å². The van der Waals surface area contributed by atoms with Crippen molar-refractivity contribution < 1.29 is 18.4 Å². The van der Waals surface area contributed by atoms with Crippen LogP contribution in [0.4, 0.5) is 14.5 Å². The van der Waals surface area contributed by atoms with Gasteiger partial charge in [0.1, 0.15) is 11.6 Å². The minimum atomic E-state index is -1.41. The van der Waals surface area contributed by atoms with Crippen LogP contribution in [-0.4, -0.2) is 47.3 Å². The first-order chi connectivity index (χ1) is 15.8. The molecule has 3 aromatic rings. The van der Waals surface area contributed by atoms with Crippen molar-refractivity contribution in [2.24, 2.45) is 0 Å². The van der Waals surface area contributed by atoms with Gasteiger partial charge in [-0.2, -0.15) is 0 Å². The normalized spacial score (nSPS) is 14.8. The summed E-state index contributed by atoms with van der Waals surface area (Å²) in [6.07, 6.45) is 1.47. The van der Waals surface area contributed by atoms with Gasteiger partial charge < -0.3 is 9.80 Å². The molecular weight excluding hydrogens is 428 g/mol. The maximum Gasteiger partial charge on any atom is 0.253 e. The van der Waals surface area contributed by atoms with Crippen LogP contribution < -0.4 is 10.5 Å². The summed E-state index contributed by atoms with van der Waals surface area (Å²) in [5.41, 5.74) is 0.815. The fourth-order valence-electron chi connectivity index (χ4n) is 3.99. The zero-order valence-corrected chi connectivity index (χ0v) is 18.1. The predicted octanol–water partition coefficient (Wildman–Crippen LogP) is 3.21. The summed E-state index contributed by atoms with van der Waals surface area (Å²) >= 11 is 0. The van der Waals surface area contributed by atoms with Crippen molar-refractivity contribution in [2.75, 3.05) is 31.1 Å². The molecule has 0 spiro atoms. The van der Waals surface area contributed by atoms with Crippen LogP contribution in [0.1, 0.15) is 22.0 Å². The number of carbonyl (C=O) groups is 2. The number of piperazine rings is 1. The molecular formula is C25H23F2N3O3. The number of Topliss-reactive ketones (excluding diaryl/α,β-unsaturated/α-hetero) is 1. The number of halogens is 2. The Morgan fingerprint density at radius 2 is 1.55 bits per heavy atom. The summed E-state index contributed by atoms with van der Waals surface area (Å²) in [5.74, 6) is -1.96. The lowest BCUT2D eigenvalue weighted by Gasteiger charge is -2.37. The first kappa shape index (κ1) is 22.4. The molecule has 0 bridgehead atoms. The number of para-hydroxylation sites is 1. The number of anilines is 1. The third kappa shape index (κ3) is 4.69. The highest BCUT2D eigenvalue weighted by Crippen LogP contribution is 2.23. The molecule has 0 unspecified atom stereocenters. The largest absolute Gasteiger partial charge is 0.366 e. The molecule has 0 radical (unpaired) electrons. The standard InChI is InChI=1S/C25H23F2N3O3/c1-17-6-11-22(31)30(16-17)23(24(32)18-7-9-19(26)10-8-18)25(33)29-14-12-28(13-15-29)21-5-3-2-4-20(21)27/h2-11,16,23H,12-15H2,1H3/t23-/m0/s1. The molecule has 1 aliphatic heterocycles. The number of hydrogen-bond acceptors (Lipinski definition) is 4. The van der Waals surface area contributed by atoms with E-state index in [-0.39, 0.29) is 24.5 Å². The van der Waals surface area contributed by atoms with E-state index in [1.165, 1.54) is 35.4 Å². The van der Waals surface area contributed by atoms with Crippen molar-refractivity contribution in [1.29, 1.82) is 0 Å². The molecule has 0 N–H and O–H groups in total. The number of aromatic nitrogens is 1. The maximum absolute atomic E-state index is 14.2. The van der Waals surface area contributed by atoms with Crippen LogP contribution in [0, 0.1) is 18.6 Å². The minimum absolute atomic E-state index is 0.133. The van der Waals surface area contributed by atoms with Gasteiger partial charge in [0.25, 0.3) is 11.5 Å². The molecule has 0 aliphatic carbocycles. The van der Waals surface area contributed by atoms with E-state index in [2.05, 4.69) is 0 Å². The number of nitrogens with zero attached hydrogens (tertiary/aromatic N) is 3. The molecule has 0 saturated carbocycles. The number of benzene rings is 2. The molecule has 1 fully saturated rings. The predicted molar refractivity (Wildman–Crippen MR) is 120 cm³/mol. The maximum atomic E-state index is 14.2. The second-order valence-electron chi connectivity index (χ2n) is 7.99. The van der Waals surface area contributed by atoms with E-state index >= 15 is 0 Å². The molecule has 8 heteroatoms. The van der Waals surface area contributed by atoms with Gasteiger partial charge in [-0.1, -0.05) is 18.2 Å². The van der Waals surface area contributed by atoms with Crippen molar-refractivity contribution in [3.8, 4) is 0 Å². The summed E-state index contributed by atoms with van der Waals surface area (Å²) in [5, 5.41) is 0. The van der Waals surface area contributed by atoms with Gasteiger partial charge in [-0.25, -0.2) is 8.78 Å². The van der Waals surface area contributed by atoms with E-state index in [0.29, 0.717) is 24.3 Å². The minimum Gasteiger partial charge on any atom is -0.366 e. The Kier molecular flexibility index (Phi) is 6.35. The summed E-state index contributed by atoms with van der Waals surface area (Å²) < 4.78 is 28.7. The van der Waals surface area contributed by atoms with Gasteiger partial charge in [-0.15, -0.1) is 0 Å². The summed E-state index contributed by atoms with van der Waals surface area (Å²) in [7, 11) is 0. The Hall–Kier alpha value is -3.81. The van der Waals surface area contributed by atoms with Crippen molar-refractivity contribution in [3.63, 3.8) is 0 Å². The van der Waals surface area contributed by atoms with Crippen molar-refractivity contribution in [1.82, 2.24) is 9.47 Å². The van der Waals surface area contributed by atoms with Crippen LogP contribution in [0.3, 0.4) is 0 Å². The number of carbonyl (C=O) groups excluding carboxylic acids is 2. The third-order valence-electron chi connectivity index (χ3n) is 5.76. The lowest BCUT2D eigenvalue weighted by atomic mass is 10.0. The first-order valence-electron chi connectivity index (χ1n) is 10.6. The molecule has 1 saturated heterocycles. The number of rotatable bonds is 5. The molecule has 2 aromatic carbocycles. The van der Waals surface area contributed by atoms with E-state index in [1.54, 1.807) is 31.2 Å². The molecule has 1 aromatic heterocycles. The molecule has 33 heavy (non-hydrogen) atoms. The first-order valence-corrected chi connectivity index (χ1v) is 10.6. The molecule has 6 nitrogen and oxygen atoms in total. The van der Waals surface area contributed by atoms with E-state index < -0.39 is 29.1 Å². The fraction of sp³-hybridized carbons (Fsp3) is 0.240. The molecule has 170 valence electrons. The smallest absolute Gasteiger partial charge is 0.253 e. The van der Waals surface area contributed by atoms with Gasteiger partial charge in [-0.05, 0) is 48.9 Å². The Balaban J connectivity index is 1.62. The summed E-state index contributed by atoms with van der Waals surface area (Å²) in [4.78, 5) is 42.8. The van der Waals surface area contributed by atoms with E-state index in [4.69, 9.17) is 0 Å². The van der Waals surface area contributed by atoms with Gasteiger partial charge in [0.2, 0.25) is 0 Å². The number of pyridine rings is 1. The topological polar surface area (TPSA) is 62.6 Å². The van der Waals surface area contributed by atoms with Gasteiger partial charge in [-0.3, -0.25) is 19.0 Å². The van der Waals surface area contributed by atoms with Gasteiger partial charge in [0, 0.05) is 44.0 Å². The van der Waals surface area contributed by atoms with E-state index in [0.717, 1.165) is 16.7 Å². The average molecular weight is 451 g/mol. The van der Waals surface area contributed by atoms with Crippen molar-refractivity contribution in [2.45, 2.75) is 13.0 Å². The molecule has 4 rings (SSSR count). The highest BCUT2D eigenvalue weighted by atomic mass is 19.1. The average Bonchev–Trinajstić information content (AvgIpc) is 2.82. The number of hydrogen-bond donors (Lipinski definition) is 0. The van der Waals surface area contributed by atoms with Crippen molar-refractivity contribution >= 4 is 17.4 Å². The van der Waals surface area contributed by atoms with Gasteiger partial charge in [0.15, 0.2) is 11.8 Å². The SMILES string of the molecule is Cc1ccc(=O)n([C@@H](C(=O)c2ccc(F)cc2)C(=O)N2CCN(c3ccccc3F)CC2)c1. The lowest BCUT2D eigenvalue weighted by Crippen LogP contribution is -2.52. The summed E-state index contributed by atoms with van der Waals surface area (Å²) in [6.45, 7) is 3.05. The van der Waals surface area contributed by atoms with Crippen LogP contribution >= 0.6 is 0 Å². The Morgan fingerprint density at radius 3 is 2.21 bits per heavy atom. The Morgan fingerprint density at radius 1 is 0.879 bits per heavy atom. The number of amides is 1. The second kappa shape index (κ2) is 9.36.